The molecule has 0 radical (unpaired) electrons. The molecule has 2 aromatic rings. The van der Waals surface area contributed by atoms with Crippen LogP contribution in [0.5, 0.6) is 0 Å². The highest BCUT2D eigenvalue weighted by Gasteiger charge is 2.45. The number of nitrogens with zero attached hydrogens (tertiary/aromatic N) is 4. The predicted molar refractivity (Wildman–Crippen MR) is 108 cm³/mol. The van der Waals surface area contributed by atoms with Crippen molar-refractivity contribution in [2.75, 3.05) is 0 Å². The van der Waals surface area contributed by atoms with Crippen molar-refractivity contribution in [2.24, 2.45) is 0 Å². The van der Waals surface area contributed by atoms with E-state index < -0.39 is 5.54 Å². The van der Waals surface area contributed by atoms with Crippen molar-refractivity contribution in [2.45, 2.75) is 88.8 Å². The van der Waals surface area contributed by atoms with Crippen LogP contribution in [-0.2, 0) is 12.0 Å². The topological polar surface area (TPSA) is 26.5 Å². The standard InChI is InChI=1S/C23H28N4/c1-4-21-20-11-10-17(23(25-3)14-12-18(24-2)13-15-23)16-22(20)27(26-21)19-8-6-5-7-9-19/h10-11,16,18-19H,4-9,12-15H2,1H3. The molecule has 2 aliphatic rings. The lowest BCUT2D eigenvalue weighted by Crippen LogP contribution is -2.29. The average Bonchev–Trinajstić information content (AvgIpc) is 3.12. The van der Waals surface area contributed by atoms with E-state index in [-0.39, 0.29) is 6.04 Å². The Kier molecular flexibility index (Phi) is 4.92. The van der Waals surface area contributed by atoms with Gasteiger partial charge < -0.3 is 9.69 Å². The molecule has 2 fully saturated rings. The Bertz CT molecular complexity index is 897. The fourth-order valence-electron chi connectivity index (χ4n) is 5.03. The van der Waals surface area contributed by atoms with Crippen LogP contribution in [0, 0.1) is 13.1 Å². The summed E-state index contributed by atoms with van der Waals surface area (Å²) >= 11 is 0. The van der Waals surface area contributed by atoms with E-state index in [0.29, 0.717) is 6.04 Å². The molecule has 0 spiro atoms. The zero-order chi connectivity index (χ0) is 18.9. The van der Waals surface area contributed by atoms with E-state index in [1.54, 1.807) is 0 Å². The van der Waals surface area contributed by atoms with Crippen molar-refractivity contribution in [1.82, 2.24) is 9.78 Å². The summed E-state index contributed by atoms with van der Waals surface area (Å²) in [5.41, 5.74) is 3.07. The number of fused-ring (bicyclic) bond motifs is 1. The van der Waals surface area contributed by atoms with Crippen LogP contribution in [-0.4, -0.2) is 15.8 Å². The third-order valence-corrected chi connectivity index (χ3v) is 6.76. The summed E-state index contributed by atoms with van der Waals surface area (Å²) in [6.45, 7) is 17.4. The van der Waals surface area contributed by atoms with E-state index >= 15 is 0 Å². The molecule has 140 valence electrons. The lowest BCUT2D eigenvalue weighted by Gasteiger charge is -2.27. The van der Waals surface area contributed by atoms with Gasteiger partial charge in [0.1, 0.15) is 0 Å². The molecule has 1 aromatic carbocycles. The lowest BCUT2D eigenvalue weighted by atomic mass is 9.75. The summed E-state index contributed by atoms with van der Waals surface area (Å²) in [6.07, 6.45) is 10.6. The Morgan fingerprint density at radius 1 is 1.11 bits per heavy atom. The first-order valence-corrected chi connectivity index (χ1v) is 10.5. The van der Waals surface area contributed by atoms with Crippen LogP contribution in [0.3, 0.4) is 0 Å². The summed E-state index contributed by atoms with van der Waals surface area (Å²) in [6, 6.07) is 7.21. The van der Waals surface area contributed by atoms with Crippen LogP contribution in [0.25, 0.3) is 20.6 Å². The lowest BCUT2D eigenvalue weighted by molar-refractivity contribution is 0.334. The highest BCUT2D eigenvalue weighted by molar-refractivity contribution is 5.83. The van der Waals surface area contributed by atoms with Crippen LogP contribution in [0.15, 0.2) is 18.2 Å². The van der Waals surface area contributed by atoms with Gasteiger partial charge in [-0.15, -0.1) is 0 Å². The molecule has 4 nitrogen and oxygen atoms in total. The van der Waals surface area contributed by atoms with E-state index in [0.717, 1.165) is 37.7 Å². The molecule has 4 rings (SSSR count). The molecular weight excluding hydrogens is 332 g/mol. The molecule has 0 atom stereocenters. The average molecular weight is 361 g/mol. The first-order valence-electron chi connectivity index (χ1n) is 10.5. The quantitative estimate of drug-likeness (QED) is 0.609. The fourth-order valence-corrected chi connectivity index (χ4v) is 5.03. The van der Waals surface area contributed by atoms with Crippen LogP contribution in [0.4, 0.5) is 0 Å². The first-order chi connectivity index (χ1) is 13.2. The second kappa shape index (κ2) is 7.35. The number of aryl methyl sites for hydroxylation is 1. The summed E-state index contributed by atoms with van der Waals surface area (Å²) < 4.78 is 2.28. The van der Waals surface area contributed by atoms with Crippen LogP contribution >= 0.6 is 0 Å². The number of benzene rings is 1. The number of hydrogen-bond donors (Lipinski definition) is 0. The molecule has 1 aromatic heterocycles. The molecule has 0 unspecified atom stereocenters. The van der Waals surface area contributed by atoms with E-state index in [4.69, 9.17) is 18.2 Å². The molecule has 1 heterocycles. The molecule has 0 bridgehead atoms. The van der Waals surface area contributed by atoms with Crippen molar-refractivity contribution in [1.29, 1.82) is 0 Å². The third-order valence-electron chi connectivity index (χ3n) is 6.76. The minimum atomic E-state index is -0.455. The Hall–Kier alpha value is -2.33. The van der Waals surface area contributed by atoms with Crippen LogP contribution < -0.4 is 0 Å². The SMILES string of the molecule is [C-]#[N+]C1CCC([N+]#[C-])(c2ccc3c(CC)nn(C4CCCCC4)c3c2)CC1. The Morgan fingerprint density at radius 3 is 2.48 bits per heavy atom. The zero-order valence-electron chi connectivity index (χ0n) is 16.2. The Balaban J connectivity index is 1.77. The van der Waals surface area contributed by atoms with Crippen molar-refractivity contribution < 1.29 is 0 Å². The number of rotatable bonds is 3. The first kappa shape index (κ1) is 18.1. The van der Waals surface area contributed by atoms with E-state index in [1.165, 1.54) is 48.7 Å². The van der Waals surface area contributed by atoms with E-state index in [9.17, 15) is 0 Å². The Morgan fingerprint density at radius 2 is 1.85 bits per heavy atom. The molecule has 27 heavy (non-hydrogen) atoms. The van der Waals surface area contributed by atoms with E-state index in [1.807, 2.05) is 0 Å². The van der Waals surface area contributed by atoms with Gasteiger partial charge in [-0.25, -0.2) is 13.1 Å². The smallest absolute Gasteiger partial charge is 0.258 e. The minimum Gasteiger partial charge on any atom is -0.314 e. The van der Waals surface area contributed by atoms with Gasteiger partial charge in [-0.1, -0.05) is 38.3 Å². The Labute approximate surface area is 162 Å². The normalized spacial score (nSPS) is 26.6. The van der Waals surface area contributed by atoms with Gasteiger partial charge in [0.15, 0.2) is 0 Å². The third kappa shape index (κ3) is 3.12. The van der Waals surface area contributed by atoms with Crippen molar-refractivity contribution in [3.05, 3.63) is 52.3 Å². The zero-order valence-corrected chi connectivity index (χ0v) is 16.2. The molecule has 0 aliphatic heterocycles. The number of hydrogen-bond acceptors (Lipinski definition) is 1. The maximum absolute atomic E-state index is 7.93. The van der Waals surface area contributed by atoms with Crippen molar-refractivity contribution in [3.8, 4) is 0 Å². The van der Waals surface area contributed by atoms with Gasteiger partial charge >= 0.3 is 0 Å². The molecule has 0 amide bonds. The summed E-state index contributed by atoms with van der Waals surface area (Å²) in [7, 11) is 0. The summed E-state index contributed by atoms with van der Waals surface area (Å²) in [5.74, 6) is 0. The van der Waals surface area contributed by atoms with Gasteiger partial charge in [0.05, 0.1) is 17.3 Å². The van der Waals surface area contributed by atoms with Gasteiger partial charge in [-0.05, 0) is 25.3 Å². The second-order valence-electron chi connectivity index (χ2n) is 8.27. The molecule has 0 N–H and O–H groups in total. The van der Waals surface area contributed by atoms with Gasteiger partial charge in [-0.2, -0.15) is 5.10 Å². The summed E-state index contributed by atoms with van der Waals surface area (Å²) in [5, 5.41) is 6.24. The van der Waals surface area contributed by atoms with Gasteiger partial charge in [0.2, 0.25) is 6.04 Å². The fraction of sp³-hybridized carbons (Fsp3) is 0.609. The van der Waals surface area contributed by atoms with Crippen molar-refractivity contribution >= 4 is 10.9 Å². The maximum Gasteiger partial charge on any atom is 0.258 e. The maximum atomic E-state index is 7.93. The van der Waals surface area contributed by atoms with E-state index in [2.05, 4.69) is 39.5 Å². The van der Waals surface area contributed by atoms with Gasteiger partial charge in [-0.3, -0.25) is 4.68 Å². The molecule has 2 aliphatic carbocycles. The molecule has 2 saturated carbocycles. The molecular formula is C23H28N4. The van der Waals surface area contributed by atoms with Crippen LogP contribution in [0.2, 0.25) is 0 Å². The minimum absolute atomic E-state index is 0.100. The largest absolute Gasteiger partial charge is 0.314 e. The summed E-state index contributed by atoms with van der Waals surface area (Å²) in [4.78, 5) is 7.83. The van der Waals surface area contributed by atoms with Crippen molar-refractivity contribution in [3.63, 3.8) is 0 Å². The number of aromatic nitrogens is 2. The molecule has 0 saturated heterocycles. The van der Waals surface area contributed by atoms with Gasteiger partial charge in [0.25, 0.3) is 5.54 Å². The van der Waals surface area contributed by atoms with Gasteiger partial charge in [0, 0.05) is 36.6 Å². The second-order valence-corrected chi connectivity index (χ2v) is 8.27. The predicted octanol–water partition coefficient (Wildman–Crippen LogP) is 6.08. The monoisotopic (exact) mass is 360 g/mol. The highest BCUT2D eigenvalue weighted by atomic mass is 15.3. The molecule has 4 heteroatoms. The highest BCUT2D eigenvalue weighted by Crippen LogP contribution is 2.43. The van der Waals surface area contributed by atoms with Crippen LogP contribution in [0.1, 0.15) is 82.0 Å².